The number of methoxy groups -OCH3 is 2. The maximum Gasteiger partial charge on any atom is 0.250 e. The minimum absolute atomic E-state index is 0.00554. The van der Waals surface area contributed by atoms with E-state index in [4.69, 9.17) is 9.47 Å². The lowest BCUT2D eigenvalue weighted by Crippen LogP contribution is -2.59. The van der Waals surface area contributed by atoms with Crippen LogP contribution in [0, 0.1) is 5.92 Å². The summed E-state index contributed by atoms with van der Waals surface area (Å²) in [6.45, 7) is 0.00554. The van der Waals surface area contributed by atoms with Gasteiger partial charge in [-0.1, -0.05) is 0 Å². The first-order valence-corrected chi connectivity index (χ1v) is 6.97. The molecule has 1 aliphatic heterocycles. The number of nitrogens with one attached hydrogen (secondary N) is 1. The number of ether oxygens (including phenoxy) is 2. The zero-order valence-corrected chi connectivity index (χ0v) is 12.1. The second-order valence-electron chi connectivity index (χ2n) is 5.34. The first kappa shape index (κ1) is 13.7. The highest BCUT2D eigenvalue weighted by atomic mass is 16.5. The minimum atomic E-state index is -0.415. The van der Waals surface area contributed by atoms with Crippen molar-refractivity contribution < 1.29 is 19.1 Å². The standard InChI is InChI=1S/C15H18N2O4/c1-20-10-5-6-12(21-2)11(7-10)17-8-13(18)16-14(15(17)19)9-3-4-9/h5-7,9,14H,3-4,8H2,1-2H3,(H,16,18). The highest BCUT2D eigenvalue weighted by Gasteiger charge is 2.43. The molecule has 6 nitrogen and oxygen atoms in total. The van der Waals surface area contributed by atoms with Crippen LogP contribution in [0.5, 0.6) is 11.5 Å². The van der Waals surface area contributed by atoms with E-state index in [1.807, 2.05) is 0 Å². The van der Waals surface area contributed by atoms with E-state index in [0.29, 0.717) is 17.2 Å². The van der Waals surface area contributed by atoms with E-state index in [1.54, 1.807) is 25.3 Å². The molecule has 1 saturated carbocycles. The minimum Gasteiger partial charge on any atom is -0.497 e. The zero-order valence-electron chi connectivity index (χ0n) is 12.1. The second-order valence-corrected chi connectivity index (χ2v) is 5.34. The highest BCUT2D eigenvalue weighted by molar-refractivity contribution is 6.07. The molecule has 0 aromatic heterocycles. The molecule has 0 spiro atoms. The van der Waals surface area contributed by atoms with Gasteiger partial charge in [0.2, 0.25) is 11.8 Å². The smallest absolute Gasteiger partial charge is 0.250 e. The molecule has 3 rings (SSSR count). The quantitative estimate of drug-likeness (QED) is 0.896. The van der Waals surface area contributed by atoms with E-state index in [-0.39, 0.29) is 24.3 Å². The third-order valence-electron chi connectivity index (χ3n) is 3.92. The molecule has 2 fully saturated rings. The van der Waals surface area contributed by atoms with Gasteiger partial charge in [-0.2, -0.15) is 0 Å². The Balaban J connectivity index is 1.97. The topological polar surface area (TPSA) is 67.9 Å². The van der Waals surface area contributed by atoms with Crippen molar-refractivity contribution in [3.63, 3.8) is 0 Å². The Bertz CT molecular complexity index is 583. The van der Waals surface area contributed by atoms with Crippen molar-refractivity contribution in [1.82, 2.24) is 5.32 Å². The van der Waals surface area contributed by atoms with E-state index in [0.717, 1.165) is 12.8 Å². The molecule has 2 aliphatic rings. The van der Waals surface area contributed by atoms with E-state index >= 15 is 0 Å². The summed E-state index contributed by atoms with van der Waals surface area (Å²) < 4.78 is 10.5. The van der Waals surface area contributed by atoms with Gasteiger partial charge in [0.1, 0.15) is 24.1 Å². The van der Waals surface area contributed by atoms with E-state index in [1.165, 1.54) is 12.0 Å². The Morgan fingerprint density at radius 3 is 2.57 bits per heavy atom. The predicted molar refractivity (Wildman–Crippen MR) is 76.6 cm³/mol. The molecule has 1 saturated heterocycles. The fourth-order valence-corrected chi connectivity index (χ4v) is 2.63. The molecule has 21 heavy (non-hydrogen) atoms. The number of anilines is 1. The number of piperazine rings is 1. The lowest BCUT2D eigenvalue weighted by Gasteiger charge is -2.33. The third-order valence-corrected chi connectivity index (χ3v) is 3.92. The lowest BCUT2D eigenvalue weighted by atomic mass is 10.1. The van der Waals surface area contributed by atoms with Crippen molar-refractivity contribution in [2.24, 2.45) is 5.92 Å². The van der Waals surface area contributed by atoms with Crippen LogP contribution in [0.2, 0.25) is 0 Å². The fraction of sp³-hybridized carbons (Fsp3) is 0.467. The van der Waals surface area contributed by atoms with Crippen LogP contribution in [-0.2, 0) is 9.59 Å². The van der Waals surface area contributed by atoms with Crippen molar-refractivity contribution in [2.45, 2.75) is 18.9 Å². The van der Waals surface area contributed by atoms with Gasteiger partial charge >= 0.3 is 0 Å². The number of benzene rings is 1. The van der Waals surface area contributed by atoms with Gasteiger partial charge in [-0.05, 0) is 30.9 Å². The van der Waals surface area contributed by atoms with Crippen LogP contribution in [0.3, 0.4) is 0 Å². The summed E-state index contributed by atoms with van der Waals surface area (Å²) in [5, 5.41) is 2.79. The largest absolute Gasteiger partial charge is 0.497 e. The van der Waals surface area contributed by atoms with Gasteiger partial charge in [0, 0.05) is 6.07 Å². The summed E-state index contributed by atoms with van der Waals surface area (Å²) in [5.41, 5.74) is 0.572. The second kappa shape index (κ2) is 5.27. The summed E-state index contributed by atoms with van der Waals surface area (Å²) in [7, 11) is 3.10. The monoisotopic (exact) mass is 290 g/mol. The molecule has 112 valence electrons. The summed E-state index contributed by atoms with van der Waals surface area (Å²) in [4.78, 5) is 26.0. The first-order chi connectivity index (χ1) is 10.1. The van der Waals surface area contributed by atoms with Gasteiger partial charge in [-0.15, -0.1) is 0 Å². The van der Waals surface area contributed by atoms with Crippen molar-refractivity contribution in [2.75, 3.05) is 25.7 Å². The van der Waals surface area contributed by atoms with Gasteiger partial charge in [0.05, 0.1) is 19.9 Å². The average molecular weight is 290 g/mol. The highest BCUT2D eigenvalue weighted by Crippen LogP contribution is 2.38. The number of carbonyl (C=O) groups is 2. The molecular weight excluding hydrogens is 272 g/mol. The molecule has 6 heteroatoms. The van der Waals surface area contributed by atoms with Gasteiger partial charge in [0.25, 0.3) is 0 Å². The Hall–Kier alpha value is -2.24. The van der Waals surface area contributed by atoms with Gasteiger partial charge < -0.3 is 14.8 Å². The number of nitrogens with zero attached hydrogens (tertiary/aromatic N) is 1. The number of amides is 2. The molecule has 1 heterocycles. The van der Waals surface area contributed by atoms with Crippen LogP contribution in [0.25, 0.3) is 0 Å². The Kier molecular flexibility index (Phi) is 3.45. The zero-order chi connectivity index (χ0) is 15.0. The van der Waals surface area contributed by atoms with E-state index in [2.05, 4.69) is 5.32 Å². The van der Waals surface area contributed by atoms with Crippen LogP contribution in [-0.4, -0.2) is 38.6 Å². The molecular formula is C15H18N2O4. The normalized spacial score (nSPS) is 22.0. The molecule has 1 N–H and O–H groups in total. The third kappa shape index (κ3) is 2.53. The molecule has 1 aromatic rings. The number of rotatable bonds is 4. The maximum absolute atomic E-state index is 12.6. The number of hydrogen-bond acceptors (Lipinski definition) is 4. The van der Waals surface area contributed by atoms with Crippen molar-refractivity contribution in [3.05, 3.63) is 18.2 Å². The van der Waals surface area contributed by atoms with Crippen LogP contribution in [0.4, 0.5) is 5.69 Å². The molecule has 1 aromatic carbocycles. The number of carbonyl (C=O) groups excluding carboxylic acids is 2. The summed E-state index contributed by atoms with van der Waals surface area (Å²) in [6, 6.07) is 4.80. The van der Waals surface area contributed by atoms with Gasteiger partial charge in [-0.3, -0.25) is 14.5 Å². The summed E-state index contributed by atoms with van der Waals surface area (Å²) in [6.07, 6.45) is 1.97. The maximum atomic E-state index is 12.6. The fourth-order valence-electron chi connectivity index (χ4n) is 2.63. The Labute approximate surface area is 123 Å². The molecule has 0 bridgehead atoms. The predicted octanol–water partition coefficient (Wildman–Crippen LogP) is 0.945. The molecule has 1 atom stereocenters. The van der Waals surface area contributed by atoms with Crippen molar-refractivity contribution in [1.29, 1.82) is 0 Å². The van der Waals surface area contributed by atoms with Crippen LogP contribution < -0.4 is 19.7 Å². The van der Waals surface area contributed by atoms with Gasteiger partial charge in [-0.25, -0.2) is 0 Å². The van der Waals surface area contributed by atoms with E-state index < -0.39 is 6.04 Å². The first-order valence-electron chi connectivity index (χ1n) is 6.97. The van der Waals surface area contributed by atoms with Crippen LogP contribution in [0.1, 0.15) is 12.8 Å². The average Bonchev–Trinajstić information content (AvgIpc) is 3.33. The van der Waals surface area contributed by atoms with Crippen LogP contribution in [0.15, 0.2) is 18.2 Å². The summed E-state index contributed by atoms with van der Waals surface area (Å²) >= 11 is 0. The SMILES string of the molecule is COc1ccc(OC)c(N2CC(=O)NC(C3CC3)C2=O)c1. The van der Waals surface area contributed by atoms with E-state index in [9.17, 15) is 9.59 Å². The van der Waals surface area contributed by atoms with Gasteiger partial charge in [0.15, 0.2) is 0 Å². The molecule has 1 aliphatic carbocycles. The Morgan fingerprint density at radius 1 is 1.19 bits per heavy atom. The molecule has 1 unspecified atom stereocenters. The number of hydrogen-bond donors (Lipinski definition) is 1. The Morgan fingerprint density at radius 2 is 1.95 bits per heavy atom. The molecule has 0 radical (unpaired) electrons. The van der Waals surface area contributed by atoms with Crippen LogP contribution >= 0.6 is 0 Å². The van der Waals surface area contributed by atoms with Crippen molar-refractivity contribution >= 4 is 17.5 Å². The van der Waals surface area contributed by atoms with Crippen molar-refractivity contribution in [3.8, 4) is 11.5 Å². The summed E-state index contributed by atoms with van der Waals surface area (Å²) in [5.74, 6) is 1.21. The lowest BCUT2D eigenvalue weighted by molar-refractivity contribution is -0.131. The molecule has 2 amide bonds.